The highest BCUT2D eigenvalue weighted by Crippen LogP contribution is 2.35. The smallest absolute Gasteiger partial charge is 0.133 e. The van der Waals surface area contributed by atoms with E-state index >= 15 is 0 Å². The molecular formula is C13H17F2N. The van der Waals surface area contributed by atoms with Crippen molar-refractivity contribution in [2.45, 2.75) is 38.6 Å². The van der Waals surface area contributed by atoms with Gasteiger partial charge in [0.2, 0.25) is 0 Å². The Bertz CT molecular complexity index is 386. The molecule has 0 saturated heterocycles. The summed E-state index contributed by atoms with van der Waals surface area (Å²) in [6.45, 7) is 1.63. The van der Waals surface area contributed by atoms with Crippen LogP contribution in [-0.2, 0) is 0 Å². The fourth-order valence-electron chi connectivity index (χ4n) is 2.22. The van der Waals surface area contributed by atoms with Crippen molar-refractivity contribution in [2.24, 2.45) is 11.7 Å². The third-order valence-corrected chi connectivity index (χ3v) is 3.50. The molecule has 0 amide bonds. The summed E-state index contributed by atoms with van der Waals surface area (Å²) in [6, 6.07) is 2.24. The molecule has 2 rings (SSSR count). The lowest BCUT2D eigenvalue weighted by atomic mass is 9.79. The second kappa shape index (κ2) is 4.50. The van der Waals surface area contributed by atoms with Crippen LogP contribution < -0.4 is 5.73 Å². The highest BCUT2D eigenvalue weighted by Gasteiger charge is 2.25. The number of rotatable bonds is 3. The van der Waals surface area contributed by atoms with E-state index in [2.05, 4.69) is 0 Å². The molecule has 16 heavy (non-hydrogen) atoms. The van der Waals surface area contributed by atoms with Crippen LogP contribution in [0, 0.1) is 24.5 Å². The van der Waals surface area contributed by atoms with Crippen molar-refractivity contribution in [3.63, 3.8) is 0 Å². The average Bonchev–Trinajstić information content (AvgIpc) is 2.18. The Kier molecular flexibility index (Phi) is 3.24. The minimum atomic E-state index is -0.519. The lowest BCUT2D eigenvalue weighted by Crippen LogP contribution is -2.22. The number of hydrogen-bond donors (Lipinski definition) is 1. The Hall–Kier alpha value is -0.960. The van der Waals surface area contributed by atoms with Gasteiger partial charge in [-0.15, -0.1) is 0 Å². The van der Waals surface area contributed by atoms with Crippen molar-refractivity contribution in [3.05, 3.63) is 34.9 Å². The quantitative estimate of drug-likeness (QED) is 0.837. The van der Waals surface area contributed by atoms with E-state index in [1.165, 1.54) is 18.6 Å². The highest BCUT2D eigenvalue weighted by molar-refractivity contribution is 5.29. The second-order valence-corrected chi connectivity index (χ2v) is 4.73. The third-order valence-electron chi connectivity index (χ3n) is 3.50. The first-order valence-corrected chi connectivity index (χ1v) is 5.79. The topological polar surface area (TPSA) is 26.0 Å². The minimum absolute atomic E-state index is 0.0619. The molecule has 1 fully saturated rings. The van der Waals surface area contributed by atoms with Crippen LogP contribution in [0.5, 0.6) is 0 Å². The summed E-state index contributed by atoms with van der Waals surface area (Å²) in [5.74, 6) is -0.448. The first-order valence-electron chi connectivity index (χ1n) is 5.79. The van der Waals surface area contributed by atoms with Gasteiger partial charge in [0.25, 0.3) is 0 Å². The van der Waals surface area contributed by atoms with Gasteiger partial charge in [-0.25, -0.2) is 8.78 Å². The van der Waals surface area contributed by atoms with Crippen LogP contribution in [0.3, 0.4) is 0 Å². The van der Waals surface area contributed by atoms with Crippen LogP contribution in [0.1, 0.15) is 42.9 Å². The van der Waals surface area contributed by atoms with Gasteiger partial charge in [-0.3, -0.25) is 0 Å². The van der Waals surface area contributed by atoms with Crippen LogP contribution in [0.2, 0.25) is 0 Å². The summed E-state index contributed by atoms with van der Waals surface area (Å²) < 4.78 is 27.3. The average molecular weight is 225 g/mol. The van der Waals surface area contributed by atoms with Gasteiger partial charge in [-0.05, 0) is 30.9 Å². The molecule has 1 aromatic rings. The van der Waals surface area contributed by atoms with Crippen molar-refractivity contribution in [3.8, 4) is 0 Å². The molecule has 2 N–H and O–H groups in total. The SMILES string of the molecule is Cc1ccc(F)c(C(N)CC2CCC2)c1F. The first kappa shape index (κ1) is 11.5. The Morgan fingerprint density at radius 2 is 2.06 bits per heavy atom. The van der Waals surface area contributed by atoms with Gasteiger partial charge >= 0.3 is 0 Å². The fraction of sp³-hybridized carbons (Fsp3) is 0.538. The fourth-order valence-corrected chi connectivity index (χ4v) is 2.22. The predicted molar refractivity (Wildman–Crippen MR) is 60.0 cm³/mol. The van der Waals surface area contributed by atoms with Crippen LogP contribution >= 0.6 is 0 Å². The summed E-state index contributed by atoms with van der Waals surface area (Å²) in [4.78, 5) is 0. The minimum Gasteiger partial charge on any atom is -0.324 e. The van der Waals surface area contributed by atoms with Crippen LogP contribution in [-0.4, -0.2) is 0 Å². The Morgan fingerprint density at radius 3 is 2.62 bits per heavy atom. The summed E-state index contributed by atoms with van der Waals surface area (Å²) in [5.41, 5.74) is 6.42. The summed E-state index contributed by atoms with van der Waals surface area (Å²) in [7, 11) is 0. The Balaban J connectivity index is 2.20. The highest BCUT2D eigenvalue weighted by atomic mass is 19.1. The van der Waals surface area contributed by atoms with E-state index in [-0.39, 0.29) is 5.56 Å². The van der Waals surface area contributed by atoms with E-state index in [1.807, 2.05) is 0 Å². The van der Waals surface area contributed by atoms with Crippen LogP contribution in [0.4, 0.5) is 8.78 Å². The monoisotopic (exact) mass is 225 g/mol. The molecule has 0 aliphatic heterocycles. The molecule has 1 saturated carbocycles. The lowest BCUT2D eigenvalue weighted by Gasteiger charge is -2.28. The summed E-state index contributed by atoms with van der Waals surface area (Å²) in [5, 5.41) is 0. The Morgan fingerprint density at radius 1 is 1.38 bits per heavy atom. The summed E-state index contributed by atoms with van der Waals surface area (Å²) >= 11 is 0. The molecular weight excluding hydrogens is 208 g/mol. The summed E-state index contributed by atoms with van der Waals surface area (Å²) in [6.07, 6.45) is 4.19. The van der Waals surface area contributed by atoms with Crippen molar-refractivity contribution < 1.29 is 8.78 Å². The molecule has 1 unspecified atom stereocenters. The lowest BCUT2D eigenvalue weighted by molar-refractivity contribution is 0.273. The largest absolute Gasteiger partial charge is 0.324 e. The normalized spacial score (nSPS) is 18.2. The van der Waals surface area contributed by atoms with Crippen LogP contribution in [0.25, 0.3) is 0 Å². The zero-order valence-electron chi connectivity index (χ0n) is 9.47. The molecule has 88 valence electrons. The maximum absolute atomic E-state index is 13.8. The maximum Gasteiger partial charge on any atom is 0.133 e. The van der Waals surface area contributed by atoms with E-state index in [1.54, 1.807) is 6.92 Å². The zero-order chi connectivity index (χ0) is 11.7. The number of nitrogens with two attached hydrogens (primary N) is 1. The molecule has 3 heteroatoms. The third kappa shape index (κ3) is 2.09. The number of benzene rings is 1. The number of aryl methyl sites for hydroxylation is 1. The van der Waals surface area contributed by atoms with E-state index in [0.29, 0.717) is 17.9 Å². The van der Waals surface area contributed by atoms with Gasteiger partial charge in [0.05, 0.1) is 0 Å². The molecule has 1 atom stereocenters. The molecule has 1 aliphatic carbocycles. The molecule has 1 aliphatic rings. The number of hydrogen-bond acceptors (Lipinski definition) is 1. The van der Waals surface area contributed by atoms with Crippen molar-refractivity contribution in [2.75, 3.05) is 0 Å². The van der Waals surface area contributed by atoms with E-state index in [4.69, 9.17) is 5.73 Å². The molecule has 1 nitrogen and oxygen atoms in total. The Labute approximate surface area is 94.7 Å². The van der Waals surface area contributed by atoms with Gasteiger partial charge in [0, 0.05) is 11.6 Å². The van der Waals surface area contributed by atoms with Gasteiger partial charge in [-0.1, -0.05) is 25.3 Å². The standard InChI is InChI=1S/C13H17F2N/c1-8-5-6-10(14)12(13(8)15)11(16)7-9-3-2-4-9/h5-6,9,11H,2-4,7,16H2,1H3. The van der Waals surface area contributed by atoms with E-state index in [9.17, 15) is 8.78 Å². The molecule has 1 aromatic carbocycles. The zero-order valence-corrected chi connectivity index (χ0v) is 9.47. The first-order chi connectivity index (χ1) is 7.59. The predicted octanol–water partition coefficient (Wildman–Crippen LogP) is 3.46. The molecule has 0 bridgehead atoms. The number of halogens is 2. The van der Waals surface area contributed by atoms with Crippen molar-refractivity contribution in [1.82, 2.24) is 0 Å². The van der Waals surface area contributed by atoms with Gasteiger partial charge in [-0.2, -0.15) is 0 Å². The van der Waals surface area contributed by atoms with Crippen molar-refractivity contribution in [1.29, 1.82) is 0 Å². The van der Waals surface area contributed by atoms with Gasteiger partial charge in [0.15, 0.2) is 0 Å². The maximum atomic E-state index is 13.8. The molecule has 0 spiro atoms. The van der Waals surface area contributed by atoms with Gasteiger partial charge < -0.3 is 5.73 Å². The van der Waals surface area contributed by atoms with E-state index in [0.717, 1.165) is 12.8 Å². The molecule has 0 aromatic heterocycles. The van der Waals surface area contributed by atoms with Crippen molar-refractivity contribution >= 4 is 0 Å². The molecule has 0 radical (unpaired) electrons. The molecule has 0 heterocycles. The second-order valence-electron chi connectivity index (χ2n) is 4.73. The van der Waals surface area contributed by atoms with E-state index < -0.39 is 17.7 Å². The van der Waals surface area contributed by atoms with Gasteiger partial charge in [0.1, 0.15) is 11.6 Å². The van der Waals surface area contributed by atoms with Crippen LogP contribution in [0.15, 0.2) is 12.1 Å².